The molecule has 128 valence electrons. The molecule has 0 N–H and O–H groups in total. The van der Waals surface area contributed by atoms with Crippen LogP contribution >= 0.6 is 0 Å². The fourth-order valence-electron chi connectivity index (χ4n) is 3.51. The predicted molar refractivity (Wildman–Crippen MR) is 93.5 cm³/mol. The van der Waals surface area contributed by atoms with E-state index in [1.807, 2.05) is 11.0 Å². The first-order chi connectivity index (χ1) is 11.6. The van der Waals surface area contributed by atoms with Crippen LogP contribution in [0.25, 0.3) is 0 Å². The zero-order valence-electron chi connectivity index (χ0n) is 14.3. The number of benzene rings is 1. The number of hydrogen-bond acceptors (Lipinski definition) is 3. The summed E-state index contributed by atoms with van der Waals surface area (Å²) in [4.78, 5) is 26.1. The molecule has 1 fully saturated rings. The largest absolute Gasteiger partial charge is 0.337 e. The summed E-state index contributed by atoms with van der Waals surface area (Å²) in [5.74, 6) is 0.538. The number of hydrazone groups is 1. The summed E-state index contributed by atoms with van der Waals surface area (Å²) < 4.78 is 0. The molecule has 0 spiro atoms. The number of carbonyl (C=O) groups is 2. The van der Waals surface area contributed by atoms with Gasteiger partial charge in [0.2, 0.25) is 5.91 Å². The maximum absolute atomic E-state index is 12.7. The second kappa shape index (κ2) is 7.60. The van der Waals surface area contributed by atoms with Gasteiger partial charge in [-0.25, -0.2) is 5.01 Å². The van der Waals surface area contributed by atoms with Crippen molar-refractivity contribution in [3.63, 3.8) is 0 Å². The molecule has 3 rings (SSSR count). The van der Waals surface area contributed by atoms with Crippen LogP contribution in [0, 0.1) is 5.92 Å². The number of rotatable bonds is 4. The van der Waals surface area contributed by atoms with Crippen molar-refractivity contribution < 1.29 is 9.59 Å². The Morgan fingerprint density at radius 2 is 2.04 bits per heavy atom. The van der Waals surface area contributed by atoms with Gasteiger partial charge in [0.25, 0.3) is 5.91 Å². The Balaban J connectivity index is 1.56. The third kappa shape index (κ3) is 4.02. The van der Waals surface area contributed by atoms with E-state index in [4.69, 9.17) is 0 Å². The topological polar surface area (TPSA) is 53.0 Å². The molecule has 1 atom stereocenters. The average molecular weight is 327 g/mol. The molecule has 0 bridgehead atoms. The average Bonchev–Trinajstić information content (AvgIpc) is 2.63. The van der Waals surface area contributed by atoms with E-state index in [0.717, 1.165) is 32.4 Å². The molecule has 2 amide bonds. The van der Waals surface area contributed by atoms with E-state index in [2.05, 4.69) is 29.4 Å². The minimum atomic E-state index is -0.0223. The molecule has 0 aliphatic carbocycles. The van der Waals surface area contributed by atoms with Crippen molar-refractivity contribution in [1.29, 1.82) is 0 Å². The predicted octanol–water partition coefficient (Wildman–Crippen LogP) is 2.47. The van der Waals surface area contributed by atoms with Crippen molar-refractivity contribution in [2.75, 3.05) is 20.1 Å². The minimum absolute atomic E-state index is 0.0127. The molecule has 1 aromatic carbocycles. The Bertz CT molecular complexity index is 627. The van der Waals surface area contributed by atoms with E-state index in [1.165, 1.54) is 17.0 Å². The molecule has 2 aliphatic rings. The molecule has 0 aromatic heterocycles. The van der Waals surface area contributed by atoms with Crippen LogP contribution in [0.5, 0.6) is 0 Å². The van der Waals surface area contributed by atoms with E-state index in [0.29, 0.717) is 24.5 Å². The van der Waals surface area contributed by atoms with Gasteiger partial charge in [0.15, 0.2) is 0 Å². The molecular weight excluding hydrogens is 302 g/mol. The second-order valence-corrected chi connectivity index (χ2v) is 6.75. The van der Waals surface area contributed by atoms with Crippen LogP contribution in [0.3, 0.4) is 0 Å². The zero-order valence-corrected chi connectivity index (χ0v) is 14.3. The Morgan fingerprint density at radius 1 is 1.25 bits per heavy atom. The van der Waals surface area contributed by atoms with Gasteiger partial charge in [-0.2, -0.15) is 5.10 Å². The van der Waals surface area contributed by atoms with Gasteiger partial charge in [-0.05, 0) is 37.2 Å². The highest BCUT2D eigenvalue weighted by atomic mass is 16.2. The van der Waals surface area contributed by atoms with E-state index >= 15 is 0 Å². The Hall–Kier alpha value is -2.17. The normalized spacial score (nSPS) is 21.6. The minimum Gasteiger partial charge on any atom is -0.337 e. The van der Waals surface area contributed by atoms with Crippen LogP contribution in [-0.2, 0) is 16.0 Å². The molecule has 0 saturated carbocycles. The third-order valence-corrected chi connectivity index (χ3v) is 4.94. The molecule has 1 saturated heterocycles. The van der Waals surface area contributed by atoms with Crippen molar-refractivity contribution in [3.8, 4) is 0 Å². The van der Waals surface area contributed by atoms with Crippen LogP contribution in [0.4, 0.5) is 0 Å². The van der Waals surface area contributed by atoms with Gasteiger partial charge in [0.05, 0.1) is 0 Å². The van der Waals surface area contributed by atoms with Crippen LogP contribution in [-0.4, -0.2) is 47.6 Å². The van der Waals surface area contributed by atoms with Crippen molar-refractivity contribution in [1.82, 2.24) is 9.91 Å². The Morgan fingerprint density at radius 3 is 2.79 bits per heavy atom. The quantitative estimate of drug-likeness (QED) is 0.853. The molecule has 0 radical (unpaired) electrons. The first kappa shape index (κ1) is 16.7. The molecule has 24 heavy (non-hydrogen) atoms. The lowest BCUT2D eigenvalue weighted by atomic mass is 9.91. The monoisotopic (exact) mass is 327 g/mol. The van der Waals surface area contributed by atoms with Crippen LogP contribution in [0.2, 0.25) is 0 Å². The van der Waals surface area contributed by atoms with Crippen molar-refractivity contribution in [2.45, 2.75) is 38.5 Å². The van der Waals surface area contributed by atoms with E-state index in [9.17, 15) is 9.59 Å². The number of hydrogen-bond donors (Lipinski definition) is 0. The highest BCUT2D eigenvalue weighted by molar-refractivity contribution is 6.39. The SMILES string of the molecule is CN1N=C(C(=O)N2CCC[C@H](CCc3ccccc3)C2)CCC1=O. The summed E-state index contributed by atoms with van der Waals surface area (Å²) in [6, 6.07) is 10.5. The smallest absolute Gasteiger partial charge is 0.270 e. The van der Waals surface area contributed by atoms with Crippen molar-refractivity contribution >= 4 is 17.5 Å². The molecule has 2 heterocycles. The molecule has 1 aromatic rings. The number of piperidine rings is 1. The molecule has 0 unspecified atom stereocenters. The second-order valence-electron chi connectivity index (χ2n) is 6.75. The van der Waals surface area contributed by atoms with Gasteiger partial charge >= 0.3 is 0 Å². The van der Waals surface area contributed by atoms with E-state index < -0.39 is 0 Å². The van der Waals surface area contributed by atoms with Gasteiger partial charge in [0, 0.05) is 33.0 Å². The van der Waals surface area contributed by atoms with Crippen LogP contribution in [0.15, 0.2) is 35.4 Å². The number of aryl methyl sites for hydroxylation is 1. The highest BCUT2D eigenvalue weighted by Gasteiger charge is 2.29. The van der Waals surface area contributed by atoms with Crippen LogP contribution < -0.4 is 0 Å². The summed E-state index contributed by atoms with van der Waals surface area (Å²) in [5, 5.41) is 5.47. The van der Waals surface area contributed by atoms with Gasteiger partial charge < -0.3 is 4.90 Å². The molecule has 5 nitrogen and oxygen atoms in total. The first-order valence-corrected chi connectivity index (χ1v) is 8.80. The summed E-state index contributed by atoms with van der Waals surface area (Å²) in [6.45, 7) is 1.61. The maximum Gasteiger partial charge on any atom is 0.270 e. The Labute approximate surface area is 143 Å². The molecule has 2 aliphatic heterocycles. The number of likely N-dealkylation sites (tertiary alicyclic amines) is 1. The maximum atomic E-state index is 12.7. The lowest BCUT2D eigenvalue weighted by Gasteiger charge is -2.34. The lowest BCUT2D eigenvalue weighted by Crippen LogP contribution is -2.45. The number of amides is 2. The lowest BCUT2D eigenvalue weighted by molar-refractivity contribution is -0.131. The zero-order chi connectivity index (χ0) is 16.9. The molecule has 5 heteroatoms. The van der Waals surface area contributed by atoms with Gasteiger partial charge in [0.1, 0.15) is 5.71 Å². The van der Waals surface area contributed by atoms with Crippen molar-refractivity contribution in [2.24, 2.45) is 11.0 Å². The van der Waals surface area contributed by atoms with Crippen LogP contribution in [0.1, 0.15) is 37.7 Å². The number of nitrogens with zero attached hydrogens (tertiary/aromatic N) is 3. The summed E-state index contributed by atoms with van der Waals surface area (Å²) in [6.07, 6.45) is 5.25. The van der Waals surface area contributed by atoms with E-state index in [-0.39, 0.29) is 11.8 Å². The Kier molecular flexibility index (Phi) is 5.28. The summed E-state index contributed by atoms with van der Waals surface area (Å²) in [7, 11) is 1.62. The fourth-order valence-corrected chi connectivity index (χ4v) is 3.51. The third-order valence-electron chi connectivity index (χ3n) is 4.94. The fraction of sp³-hybridized carbons (Fsp3) is 0.526. The van der Waals surface area contributed by atoms with Gasteiger partial charge in [-0.1, -0.05) is 30.3 Å². The van der Waals surface area contributed by atoms with Crippen molar-refractivity contribution in [3.05, 3.63) is 35.9 Å². The van der Waals surface area contributed by atoms with Gasteiger partial charge in [-0.3, -0.25) is 9.59 Å². The standard InChI is InChI=1S/C19H25N3O2/c1-21-18(23)12-11-17(20-21)19(24)22-13-5-8-16(14-22)10-9-15-6-3-2-4-7-15/h2-4,6-7,16H,5,8-14H2,1H3/t16-/m1/s1. The number of carbonyl (C=O) groups excluding carboxylic acids is 2. The van der Waals surface area contributed by atoms with E-state index in [1.54, 1.807) is 7.05 Å². The summed E-state index contributed by atoms with van der Waals surface area (Å²) in [5.41, 5.74) is 1.89. The molecular formula is C19H25N3O2. The van der Waals surface area contributed by atoms with Gasteiger partial charge in [-0.15, -0.1) is 0 Å². The summed E-state index contributed by atoms with van der Waals surface area (Å²) >= 11 is 0. The highest BCUT2D eigenvalue weighted by Crippen LogP contribution is 2.22. The first-order valence-electron chi connectivity index (χ1n) is 8.80.